The second kappa shape index (κ2) is 7.70. The van der Waals surface area contributed by atoms with Crippen LogP contribution in [0.2, 0.25) is 0 Å². The summed E-state index contributed by atoms with van der Waals surface area (Å²) in [7, 11) is 3.70. The van der Waals surface area contributed by atoms with E-state index < -0.39 is 0 Å². The molecule has 0 radical (unpaired) electrons. The Hall–Kier alpha value is -2.01. The molecule has 2 aromatic heterocycles. The van der Waals surface area contributed by atoms with Gasteiger partial charge >= 0.3 is 0 Å². The molecule has 1 saturated carbocycles. The Kier molecular flexibility index (Phi) is 5.56. The lowest BCUT2D eigenvalue weighted by Crippen LogP contribution is -2.32. The van der Waals surface area contributed by atoms with Crippen LogP contribution in [0.25, 0.3) is 0 Å². The third kappa shape index (κ3) is 4.21. The van der Waals surface area contributed by atoms with Crippen LogP contribution in [0.5, 0.6) is 0 Å². The van der Waals surface area contributed by atoms with Crippen LogP contribution in [0.3, 0.4) is 0 Å². The van der Waals surface area contributed by atoms with Crippen LogP contribution >= 0.6 is 23.1 Å². The van der Waals surface area contributed by atoms with E-state index in [2.05, 4.69) is 25.1 Å². The average Bonchev–Trinajstić information content (AvgIpc) is 3.33. The highest BCUT2D eigenvalue weighted by atomic mass is 32.2. The number of carbonyl (C=O) groups is 1. The van der Waals surface area contributed by atoms with E-state index in [0.29, 0.717) is 23.3 Å². The topological polar surface area (TPSA) is 114 Å². The van der Waals surface area contributed by atoms with Crippen molar-refractivity contribution in [2.75, 3.05) is 29.6 Å². The van der Waals surface area contributed by atoms with Gasteiger partial charge in [0.1, 0.15) is 5.82 Å². The minimum atomic E-state index is -0.0731. The zero-order valence-corrected chi connectivity index (χ0v) is 16.8. The number of thioether (sulfide) groups is 1. The van der Waals surface area contributed by atoms with Crippen LogP contribution in [0.1, 0.15) is 44.2 Å². The van der Waals surface area contributed by atoms with Crippen LogP contribution in [-0.2, 0) is 4.79 Å². The fourth-order valence-corrected chi connectivity index (χ4v) is 4.42. The van der Waals surface area contributed by atoms with Gasteiger partial charge in [0.15, 0.2) is 4.34 Å². The maximum Gasteiger partial charge on any atom is 0.229 e. The third-order valence-corrected chi connectivity index (χ3v) is 5.89. The molecule has 1 amide bonds. The number of hydrogen-bond acceptors (Lipinski definition) is 10. The summed E-state index contributed by atoms with van der Waals surface area (Å²) < 4.78 is 0.771. The maximum absolute atomic E-state index is 12.2. The number of nitrogens with two attached hydrogens (primary N) is 1. The smallest absolute Gasteiger partial charge is 0.229 e. The van der Waals surface area contributed by atoms with Gasteiger partial charge in [-0.05, 0) is 19.8 Å². The number of carbonyl (C=O) groups excluding carboxylic acids is 1. The Morgan fingerprint density at radius 3 is 2.65 bits per heavy atom. The molecule has 26 heavy (non-hydrogen) atoms. The molecule has 1 fully saturated rings. The first-order chi connectivity index (χ1) is 12.4. The largest absolute Gasteiger partial charge is 0.368 e. The van der Waals surface area contributed by atoms with Gasteiger partial charge in [-0.25, -0.2) is 0 Å². The normalized spacial score (nSPS) is 14.9. The molecule has 2 N–H and O–H groups in total. The SMILES string of the molecule is CCC(=O)N(c1nnc(SC(C)c2nc(N)nc(N(C)C)n2)s1)C1CC1. The molecule has 140 valence electrons. The molecule has 3 rings (SSSR count). The molecule has 1 atom stereocenters. The van der Waals surface area contributed by atoms with Gasteiger partial charge in [-0.2, -0.15) is 15.0 Å². The lowest BCUT2D eigenvalue weighted by Gasteiger charge is -2.17. The number of hydrogen-bond donors (Lipinski definition) is 1. The molecular formula is C15H22N8OS2. The summed E-state index contributed by atoms with van der Waals surface area (Å²) in [5.41, 5.74) is 5.79. The van der Waals surface area contributed by atoms with E-state index in [1.165, 1.54) is 23.1 Å². The fourth-order valence-electron chi connectivity index (χ4n) is 2.30. The van der Waals surface area contributed by atoms with Gasteiger partial charge in [0.2, 0.25) is 22.9 Å². The molecule has 0 aromatic carbocycles. The maximum atomic E-state index is 12.2. The highest BCUT2D eigenvalue weighted by molar-refractivity contribution is 8.01. The Morgan fingerprint density at radius 1 is 1.31 bits per heavy atom. The summed E-state index contributed by atoms with van der Waals surface area (Å²) in [4.78, 5) is 28.6. The lowest BCUT2D eigenvalue weighted by molar-refractivity contribution is -0.118. The Balaban J connectivity index is 1.75. The fraction of sp³-hybridized carbons (Fsp3) is 0.600. The van der Waals surface area contributed by atoms with Gasteiger partial charge in [-0.1, -0.05) is 30.0 Å². The van der Waals surface area contributed by atoms with Gasteiger partial charge in [-0.3, -0.25) is 9.69 Å². The van der Waals surface area contributed by atoms with Crippen LogP contribution < -0.4 is 15.5 Å². The molecule has 2 aromatic rings. The second-order valence-electron chi connectivity index (χ2n) is 6.21. The molecule has 11 heteroatoms. The van der Waals surface area contributed by atoms with Crippen molar-refractivity contribution in [2.45, 2.75) is 48.7 Å². The van der Waals surface area contributed by atoms with E-state index in [1.54, 1.807) is 9.80 Å². The van der Waals surface area contributed by atoms with Crippen LogP contribution in [-0.4, -0.2) is 51.2 Å². The molecule has 2 heterocycles. The summed E-state index contributed by atoms with van der Waals surface area (Å²) in [6.07, 6.45) is 2.52. The zero-order chi connectivity index (χ0) is 18.8. The number of aromatic nitrogens is 5. The summed E-state index contributed by atoms with van der Waals surface area (Å²) in [5.74, 6) is 1.39. The van der Waals surface area contributed by atoms with Crippen molar-refractivity contribution >= 4 is 46.0 Å². The first kappa shape index (κ1) is 18.8. The standard InChI is InChI=1S/C15H22N8OS2/c1-5-10(24)23(9-6-7-9)14-20-21-15(26-14)25-8(2)11-17-12(16)19-13(18-11)22(3)4/h8-9H,5-7H2,1-4H3,(H2,16,17,18,19). The van der Waals surface area contributed by atoms with E-state index >= 15 is 0 Å². The number of rotatable bonds is 7. The average molecular weight is 395 g/mol. The Labute approximate surface area is 160 Å². The quantitative estimate of drug-likeness (QED) is 0.557. The highest BCUT2D eigenvalue weighted by Gasteiger charge is 2.35. The van der Waals surface area contributed by atoms with Gasteiger partial charge in [0.25, 0.3) is 0 Å². The lowest BCUT2D eigenvalue weighted by atomic mass is 10.4. The van der Waals surface area contributed by atoms with Crippen molar-refractivity contribution in [3.8, 4) is 0 Å². The van der Waals surface area contributed by atoms with E-state index in [0.717, 1.165) is 17.2 Å². The molecule has 1 aliphatic carbocycles. The Bertz CT molecular complexity index is 792. The molecule has 9 nitrogen and oxygen atoms in total. The predicted octanol–water partition coefficient (Wildman–Crippen LogP) is 2.13. The second-order valence-corrected chi connectivity index (χ2v) is 8.75. The molecule has 1 unspecified atom stereocenters. The molecule has 1 aliphatic rings. The minimum Gasteiger partial charge on any atom is -0.368 e. The van der Waals surface area contributed by atoms with Gasteiger partial charge in [0, 0.05) is 26.6 Å². The third-order valence-electron chi connectivity index (χ3n) is 3.78. The number of anilines is 3. The van der Waals surface area contributed by atoms with Gasteiger partial charge in [0.05, 0.1) is 5.25 Å². The van der Waals surface area contributed by atoms with E-state index in [4.69, 9.17) is 5.73 Å². The summed E-state index contributed by atoms with van der Waals surface area (Å²) in [6, 6.07) is 0.275. The number of nitrogen functional groups attached to an aromatic ring is 1. The zero-order valence-electron chi connectivity index (χ0n) is 15.2. The number of amides is 1. The van der Waals surface area contributed by atoms with Crippen LogP contribution in [0.4, 0.5) is 17.0 Å². The van der Waals surface area contributed by atoms with Crippen LogP contribution in [0.15, 0.2) is 4.34 Å². The van der Waals surface area contributed by atoms with Crippen molar-refractivity contribution in [2.24, 2.45) is 0 Å². The first-order valence-corrected chi connectivity index (χ1v) is 10.1. The monoisotopic (exact) mass is 394 g/mol. The van der Waals surface area contributed by atoms with Crippen molar-refractivity contribution in [3.05, 3.63) is 5.82 Å². The summed E-state index contributed by atoms with van der Waals surface area (Å²) in [5, 5.41) is 9.05. The molecule has 0 saturated heterocycles. The van der Waals surface area contributed by atoms with E-state index in [-0.39, 0.29) is 23.1 Å². The summed E-state index contributed by atoms with van der Waals surface area (Å²) in [6.45, 7) is 3.85. The van der Waals surface area contributed by atoms with E-state index in [1.807, 2.05) is 27.9 Å². The summed E-state index contributed by atoms with van der Waals surface area (Å²) >= 11 is 2.92. The molecule has 0 aliphatic heterocycles. The van der Waals surface area contributed by atoms with Crippen molar-refractivity contribution < 1.29 is 4.79 Å². The predicted molar refractivity (Wildman–Crippen MR) is 104 cm³/mol. The first-order valence-electron chi connectivity index (χ1n) is 8.40. The molecule has 0 bridgehead atoms. The molecular weight excluding hydrogens is 372 g/mol. The van der Waals surface area contributed by atoms with Crippen molar-refractivity contribution in [1.82, 2.24) is 25.1 Å². The van der Waals surface area contributed by atoms with Crippen molar-refractivity contribution in [1.29, 1.82) is 0 Å². The minimum absolute atomic E-state index is 0.0731. The van der Waals surface area contributed by atoms with Gasteiger partial charge < -0.3 is 10.6 Å². The number of nitrogens with zero attached hydrogens (tertiary/aromatic N) is 7. The van der Waals surface area contributed by atoms with Crippen LogP contribution in [0, 0.1) is 0 Å². The van der Waals surface area contributed by atoms with E-state index in [9.17, 15) is 4.79 Å². The highest BCUT2D eigenvalue weighted by Crippen LogP contribution is 2.40. The van der Waals surface area contributed by atoms with Gasteiger partial charge in [-0.15, -0.1) is 10.2 Å². The Morgan fingerprint density at radius 2 is 2.04 bits per heavy atom. The van der Waals surface area contributed by atoms with Crippen molar-refractivity contribution in [3.63, 3.8) is 0 Å². The molecule has 0 spiro atoms.